The molecule has 5 nitrogen and oxygen atoms in total. The fourth-order valence-corrected chi connectivity index (χ4v) is 3.01. The van der Waals surface area contributed by atoms with E-state index in [0.29, 0.717) is 24.6 Å². The summed E-state index contributed by atoms with van der Waals surface area (Å²) in [6, 6.07) is 0.623. The van der Waals surface area contributed by atoms with Gasteiger partial charge >= 0.3 is 14.8 Å². The summed E-state index contributed by atoms with van der Waals surface area (Å²) in [6.07, 6.45) is 0.656. The third-order valence-corrected chi connectivity index (χ3v) is 5.68. The predicted octanol–water partition coefficient (Wildman–Crippen LogP) is 2.15. The number of ether oxygens (including phenoxy) is 1. The van der Waals surface area contributed by atoms with Crippen molar-refractivity contribution >= 4 is 14.8 Å². The van der Waals surface area contributed by atoms with Gasteiger partial charge in [-0.05, 0) is 27.2 Å². The number of allylic oxidation sites excluding steroid dienone is 1. The molecule has 0 amide bonds. The second-order valence-electron chi connectivity index (χ2n) is 4.16. The quantitative estimate of drug-likeness (QED) is 0.294. The normalized spacial score (nSPS) is 11.2. The third kappa shape index (κ3) is 5.30. The Morgan fingerprint density at radius 2 is 1.50 bits per heavy atom. The van der Waals surface area contributed by atoms with Gasteiger partial charge in [0.25, 0.3) is 0 Å². The molecule has 0 N–H and O–H groups in total. The Labute approximate surface area is 110 Å². The van der Waals surface area contributed by atoms with Crippen molar-refractivity contribution in [3.05, 3.63) is 11.1 Å². The summed E-state index contributed by atoms with van der Waals surface area (Å²) in [4.78, 5) is 11.6. The Kier molecular flexibility index (Phi) is 8.09. The lowest BCUT2D eigenvalue weighted by Crippen LogP contribution is -2.42. The van der Waals surface area contributed by atoms with Crippen LogP contribution in [0.3, 0.4) is 0 Å². The Hall–Kier alpha value is -0.693. The molecule has 0 unspecified atom stereocenters. The second-order valence-corrected chi connectivity index (χ2v) is 7.25. The van der Waals surface area contributed by atoms with Crippen LogP contribution in [0.4, 0.5) is 0 Å². The zero-order chi connectivity index (χ0) is 14.2. The van der Waals surface area contributed by atoms with Crippen molar-refractivity contribution in [1.29, 1.82) is 0 Å². The van der Waals surface area contributed by atoms with E-state index in [0.717, 1.165) is 5.57 Å². The van der Waals surface area contributed by atoms with Crippen molar-refractivity contribution in [2.75, 3.05) is 27.9 Å². The molecule has 0 heterocycles. The Morgan fingerprint density at radius 1 is 1.00 bits per heavy atom. The number of hydrogen-bond donors (Lipinski definition) is 0. The molecule has 0 fully saturated rings. The number of rotatable bonds is 8. The fraction of sp³-hybridized carbons (Fsp3) is 0.750. The predicted molar refractivity (Wildman–Crippen MR) is 71.2 cm³/mol. The van der Waals surface area contributed by atoms with Crippen molar-refractivity contribution in [2.24, 2.45) is 0 Å². The van der Waals surface area contributed by atoms with Gasteiger partial charge in [-0.25, -0.2) is 4.79 Å². The van der Waals surface area contributed by atoms with Crippen LogP contribution in [0.15, 0.2) is 11.1 Å². The molecule has 0 saturated heterocycles. The smallest absolute Gasteiger partial charge is 0.462 e. The van der Waals surface area contributed by atoms with Gasteiger partial charge in [0.1, 0.15) is 0 Å². The van der Waals surface area contributed by atoms with E-state index in [2.05, 4.69) is 0 Å². The molecule has 0 aromatic heterocycles. The topological polar surface area (TPSA) is 54.0 Å². The highest BCUT2D eigenvalue weighted by Gasteiger charge is 2.36. The molecule has 0 aliphatic carbocycles. The molecule has 0 bridgehead atoms. The fourth-order valence-electron chi connectivity index (χ4n) is 1.32. The van der Waals surface area contributed by atoms with Crippen LogP contribution in [-0.4, -0.2) is 42.7 Å². The first kappa shape index (κ1) is 17.3. The third-order valence-electron chi connectivity index (χ3n) is 2.85. The van der Waals surface area contributed by atoms with E-state index in [1.807, 2.05) is 13.8 Å². The molecule has 0 radical (unpaired) electrons. The van der Waals surface area contributed by atoms with Crippen LogP contribution in [0.5, 0.6) is 0 Å². The van der Waals surface area contributed by atoms with Crippen LogP contribution < -0.4 is 0 Å². The molecule has 0 rings (SSSR count). The number of hydrogen-bond acceptors (Lipinski definition) is 5. The minimum atomic E-state index is -2.54. The van der Waals surface area contributed by atoms with E-state index in [4.69, 9.17) is 18.0 Å². The summed E-state index contributed by atoms with van der Waals surface area (Å²) in [5.41, 5.74) is 1.62. The van der Waals surface area contributed by atoms with E-state index < -0.39 is 8.80 Å². The van der Waals surface area contributed by atoms with E-state index >= 15 is 0 Å². The minimum absolute atomic E-state index is 0.269. The molecule has 18 heavy (non-hydrogen) atoms. The van der Waals surface area contributed by atoms with Crippen molar-refractivity contribution in [2.45, 2.75) is 33.2 Å². The highest BCUT2D eigenvalue weighted by Crippen LogP contribution is 2.15. The van der Waals surface area contributed by atoms with E-state index in [1.165, 1.54) is 0 Å². The summed E-state index contributed by atoms with van der Waals surface area (Å²) in [5, 5.41) is 0. The zero-order valence-electron chi connectivity index (χ0n) is 12.2. The van der Waals surface area contributed by atoms with Crippen LogP contribution in [0.1, 0.15) is 27.2 Å². The minimum Gasteiger partial charge on any atom is -0.462 e. The molecular weight excluding hydrogens is 252 g/mol. The molecule has 0 aromatic carbocycles. The number of carbonyl (C=O) groups excluding carboxylic acids is 1. The first-order valence-corrected chi connectivity index (χ1v) is 7.82. The van der Waals surface area contributed by atoms with Crippen LogP contribution >= 0.6 is 0 Å². The van der Waals surface area contributed by atoms with Crippen molar-refractivity contribution < 1.29 is 22.8 Å². The van der Waals surface area contributed by atoms with Gasteiger partial charge in [-0.2, -0.15) is 0 Å². The summed E-state index contributed by atoms with van der Waals surface area (Å²) >= 11 is 0. The first-order chi connectivity index (χ1) is 8.42. The molecule has 0 saturated carbocycles. The van der Waals surface area contributed by atoms with Crippen LogP contribution in [0, 0.1) is 0 Å². The van der Waals surface area contributed by atoms with Gasteiger partial charge in [0.15, 0.2) is 0 Å². The summed E-state index contributed by atoms with van der Waals surface area (Å²) in [7, 11) is 2.16. The van der Waals surface area contributed by atoms with Gasteiger partial charge in [-0.3, -0.25) is 0 Å². The maximum atomic E-state index is 11.6. The van der Waals surface area contributed by atoms with Gasteiger partial charge in [-0.15, -0.1) is 0 Å². The molecule has 106 valence electrons. The van der Waals surface area contributed by atoms with Gasteiger partial charge in [0, 0.05) is 32.9 Å². The molecular formula is C12H24O5Si. The first-order valence-electron chi connectivity index (χ1n) is 5.89. The number of esters is 1. The lowest BCUT2D eigenvalue weighted by Gasteiger charge is -2.24. The maximum absolute atomic E-state index is 11.6. The largest absolute Gasteiger partial charge is 0.500 e. The van der Waals surface area contributed by atoms with Gasteiger partial charge in [0.2, 0.25) is 0 Å². The Morgan fingerprint density at radius 3 is 1.89 bits per heavy atom. The lowest BCUT2D eigenvalue weighted by atomic mass is 10.2. The Bertz CT molecular complexity index is 285. The average molecular weight is 276 g/mol. The molecule has 0 aromatic rings. The van der Waals surface area contributed by atoms with E-state index in [1.54, 1.807) is 28.3 Å². The van der Waals surface area contributed by atoms with Gasteiger partial charge < -0.3 is 18.0 Å². The highest BCUT2D eigenvalue weighted by atomic mass is 28.4. The van der Waals surface area contributed by atoms with E-state index in [9.17, 15) is 4.79 Å². The van der Waals surface area contributed by atoms with Gasteiger partial charge in [-0.1, -0.05) is 5.57 Å². The Balaban J connectivity index is 4.07. The summed E-state index contributed by atoms with van der Waals surface area (Å²) in [6.45, 7) is 5.87. The van der Waals surface area contributed by atoms with Gasteiger partial charge in [0.05, 0.1) is 6.61 Å². The van der Waals surface area contributed by atoms with Crippen molar-refractivity contribution in [3.8, 4) is 0 Å². The standard InChI is InChI=1S/C12H24O5Si/c1-10(2)11(3)12(13)17-8-7-9-18(14-4,15-5)16-6/h7-9H2,1-6H3. The molecule has 0 aliphatic heterocycles. The summed E-state index contributed by atoms with van der Waals surface area (Å²) < 4.78 is 21.0. The summed E-state index contributed by atoms with van der Waals surface area (Å²) in [5.74, 6) is -0.269. The van der Waals surface area contributed by atoms with Crippen LogP contribution in [-0.2, 0) is 22.8 Å². The van der Waals surface area contributed by atoms with Crippen molar-refractivity contribution in [1.82, 2.24) is 0 Å². The van der Waals surface area contributed by atoms with Crippen LogP contribution in [0.25, 0.3) is 0 Å². The van der Waals surface area contributed by atoms with E-state index in [-0.39, 0.29) is 5.97 Å². The molecule has 0 spiro atoms. The monoisotopic (exact) mass is 276 g/mol. The SMILES string of the molecule is CO[Si](CCCOC(=O)C(C)=C(C)C)(OC)OC. The van der Waals surface area contributed by atoms with Crippen LogP contribution in [0.2, 0.25) is 6.04 Å². The molecule has 0 aliphatic rings. The zero-order valence-corrected chi connectivity index (χ0v) is 13.2. The maximum Gasteiger partial charge on any atom is 0.500 e. The molecule has 6 heteroatoms. The highest BCUT2D eigenvalue weighted by molar-refractivity contribution is 6.60. The number of carbonyl (C=O) groups is 1. The van der Waals surface area contributed by atoms with Crippen molar-refractivity contribution in [3.63, 3.8) is 0 Å². The second kappa shape index (κ2) is 8.42. The molecule has 0 atom stereocenters. The average Bonchev–Trinajstić information content (AvgIpc) is 2.38. The lowest BCUT2D eigenvalue weighted by molar-refractivity contribution is -0.139.